The van der Waals surface area contributed by atoms with E-state index in [9.17, 15) is 0 Å². The van der Waals surface area contributed by atoms with Crippen molar-refractivity contribution in [2.45, 2.75) is 18.4 Å². The average Bonchev–Trinajstić information content (AvgIpc) is 2.97. The normalized spacial score (nSPS) is 26.8. The van der Waals surface area contributed by atoms with Crippen LogP contribution in [0.25, 0.3) is 0 Å². The standard InChI is InChI=1S/C18H16BrN/c19-16-10-3-1-7-15(16)18-14-9-5-8-12(14)13-6-2-4-11-17(13)20-18/h1-8,10-12,14,18,20H,9H2/t12-,14+,18+/m0/s1. The highest BCUT2D eigenvalue weighted by molar-refractivity contribution is 9.10. The topological polar surface area (TPSA) is 12.0 Å². The van der Waals surface area contributed by atoms with E-state index in [0.717, 1.165) is 6.42 Å². The molecule has 3 atom stereocenters. The molecule has 2 aliphatic rings. The van der Waals surface area contributed by atoms with Gasteiger partial charge in [-0.3, -0.25) is 0 Å². The second-order valence-electron chi connectivity index (χ2n) is 5.58. The summed E-state index contributed by atoms with van der Waals surface area (Å²) >= 11 is 3.71. The van der Waals surface area contributed by atoms with Crippen molar-refractivity contribution in [2.75, 3.05) is 5.32 Å². The summed E-state index contributed by atoms with van der Waals surface area (Å²) in [6.45, 7) is 0. The van der Waals surface area contributed by atoms with E-state index in [1.165, 1.54) is 21.3 Å². The summed E-state index contributed by atoms with van der Waals surface area (Å²) in [5.74, 6) is 1.16. The minimum absolute atomic E-state index is 0.375. The molecule has 1 aliphatic carbocycles. The third kappa shape index (κ3) is 1.82. The zero-order chi connectivity index (χ0) is 13.5. The number of hydrogen-bond donors (Lipinski definition) is 1. The largest absolute Gasteiger partial charge is 0.378 e. The molecule has 0 radical (unpaired) electrons. The van der Waals surface area contributed by atoms with Gasteiger partial charge < -0.3 is 5.32 Å². The first-order valence-corrected chi connectivity index (χ1v) is 7.90. The molecule has 1 aliphatic heterocycles. The van der Waals surface area contributed by atoms with Crippen LogP contribution in [-0.4, -0.2) is 0 Å². The maximum absolute atomic E-state index is 3.76. The van der Waals surface area contributed by atoms with E-state index in [-0.39, 0.29) is 0 Å². The van der Waals surface area contributed by atoms with E-state index >= 15 is 0 Å². The van der Waals surface area contributed by atoms with Crippen LogP contribution in [0.3, 0.4) is 0 Å². The Morgan fingerprint density at radius 2 is 1.70 bits per heavy atom. The van der Waals surface area contributed by atoms with E-state index in [1.807, 2.05) is 0 Å². The minimum Gasteiger partial charge on any atom is -0.378 e. The monoisotopic (exact) mass is 325 g/mol. The molecular weight excluding hydrogens is 310 g/mol. The van der Waals surface area contributed by atoms with Crippen LogP contribution in [0.4, 0.5) is 5.69 Å². The number of fused-ring (bicyclic) bond motifs is 3. The molecule has 100 valence electrons. The minimum atomic E-state index is 0.375. The highest BCUT2D eigenvalue weighted by Gasteiger charge is 2.38. The Bertz CT molecular complexity index is 677. The summed E-state index contributed by atoms with van der Waals surface area (Å²) in [6, 6.07) is 17.6. The summed E-state index contributed by atoms with van der Waals surface area (Å²) in [5, 5.41) is 3.76. The molecule has 0 bridgehead atoms. The van der Waals surface area contributed by atoms with Crippen LogP contribution in [0.15, 0.2) is 65.2 Å². The van der Waals surface area contributed by atoms with E-state index < -0.39 is 0 Å². The van der Waals surface area contributed by atoms with Gasteiger partial charge in [-0.2, -0.15) is 0 Å². The molecule has 1 nitrogen and oxygen atoms in total. The predicted octanol–water partition coefficient (Wildman–Crippen LogP) is 5.28. The predicted molar refractivity (Wildman–Crippen MR) is 86.9 cm³/mol. The fourth-order valence-electron chi connectivity index (χ4n) is 3.58. The molecule has 0 aromatic heterocycles. The Morgan fingerprint density at radius 3 is 2.55 bits per heavy atom. The first-order valence-electron chi connectivity index (χ1n) is 7.11. The molecular formula is C18H16BrN. The van der Waals surface area contributed by atoms with Crippen molar-refractivity contribution in [2.24, 2.45) is 5.92 Å². The second-order valence-corrected chi connectivity index (χ2v) is 6.44. The molecule has 0 fully saturated rings. The van der Waals surface area contributed by atoms with Gasteiger partial charge in [0.1, 0.15) is 0 Å². The molecule has 0 spiro atoms. The Kier molecular flexibility index (Phi) is 2.92. The zero-order valence-electron chi connectivity index (χ0n) is 11.1. The third-order valence-corrected chi connectivity index (χ3v) is 5.23. The maximum atomic E-state index is 3.76. The van der Waals surface area contributed by atoms with Gasteiger partial charge in [-0.15, -0.1) is 0 Å². The van der Waals surface area contributed by atoms with Gasteiger partial charge in [-0.25, -0.2) is 0 Å². The van der Waals surface area contributed by atoms with Crippen molar-refractivity contribution in [3.05, 3.63) is 76.3 Å². The lowest BCUT2D eigenvalue weighted by Gasteiger charge is -2.37. The quantitative estimate of drug-likeness (QED) is 0.704. The van der Waals surface area contributed by atoms with Gasteiger partial charge in [0.15, 0.2) is 0 Å². The first-order chi connectivity index (χ1) is 9.84. The number of halogens is 1. The van der Waals surface area contributed by atoms with Gasteiger partial charge in [0, 0.05) is 16.1 Å². The highest BCUT2D eigenvalue weighted by Crippen LogP contribution is 2.50. The van der Waals surface area contributed by atoms with E-state index in [0.29, 0.717) is 17.9 Å². The van der Waals surface area contributed by atoms with Gasteiger partial charge in [0.25, 0.3) is 0 Å². The fourth-order valence-corrected chi connectivity index (χ4v) is 4.11. The molecule has 4 rings (SSSR count). The van der Waals surface area contributed by atoms with Gasteiger partial charge in [0.2, 0.25) is 0 Å². The molecule has 0 amide bonds. The number of rotatable bonds is 1. The molecule has 0 saturated carbocycles. The Labute approximate surface area is 127 Å². The Hall–Kier alpha value is -1.54. The lowest BCUT2D eigenvalue weighted by molar-refractivity contribution is 0.424. The maximum Gasteiger partial charge on any atom is 0.0565 e. The average molecular weight is 326 g/mol. The van der Waals surface area contributed by atoms with Crippen LogP contribution < -0.4 is 5.32 Å². The molecule has 0 unspecified atom stereocenters. The number of hydrogen-bond acceptors (Lipinski definition) is 1. The Balaban J connectivity index is 1.82. The number of anilines is 1. The van der Waals surface area contributed by atoms with Gasteiger partial charge >= 0.3 is 0 Å². The van der Waals surface area contributed by atoms with E-state index in [4.69, 9.17) is 0 Å². The first kappa shape index (κ1) is 12.2. The van der Waals surface area contributed by atoms with Gasteiger partial charge in [-0.05, 0) is 35.6 Å². The SMILES string of the molecule is Brc1ccccc1[C@@H]1Nc2ccccc2[C@@H]2C=CC[C@H]21. The smallest absolute Gasteiger partial charge is 0.0565 e. The molecule has 2 aromatic rings. The second kappa shape index (κ2) is 4.78. The van der Waals surface area contributed by atoms with Crippen LogP contribution in [-0.2, 0) is 0 Å². The van der Waals surface area contributed by atoms with E-state index in [1.54, 1.807) is 0 Å². The summed E-state index contributed by atoms with van der Waals surface area (Å²) in [5.41, 5.74) is 4.08. The summed E-state index contributed by atoms with van der Waals surface area (Å²) in [4.78, 5) is 0. The number of nitrogens with one attached hydrogen (secondary N) is 1. The molecule has 20 heavy (non-hydrogen) atoms. The van der Waals surface area contributed by atoms with E-state index in [2.05, 4.69) is 81.9 Å². The van der Waals surface area contributed by atoms with Crippen molar-refractivity contribution in [3.63, 3.8) is 0 Å². The van der Waals surface area contributed by atoms with Crippen LogP contribution in [0.5, 0.6) is 0 Å². The highest BCUT2D eigenvalue weighted by atomic mass is 79.9. The van der Waals surface area contributed by atoms with Gasteiger partial charge in [0.05, 0.1) is 6.04 Å². The summed E-state index contributed by atoms with van der Waals surface area (Å²) in [7, 11) is 0. The van der Waals surface area contributed by atoms with Crippen molar-refractivity contribution in [1.29, 1.82) is 0 Å². The molecule has 2 heteroatoms. The number of allylic oxidation sites excluding steroid dienone is 2. The van der Waals surface area contributed by atoms with Crippen LogP contribution in [0, 0.1) is 5.92 Å². The lowest BCUT2D eigenvalue weighted by Crippen LogP contribution is -2.29. The van der Waals surface area contributed by atoms with Crippen molar-refractivity contribution >= 4 is 21.6 Å². The molecule has 2 aromatic carbocycles. The summed E-state index contributed by atoms with van der Waals surface area (Å²) < 4.78 is 1.20. The van der Waals surface area contributed by atoms with Crippen molar-refractivity contribution in [3.8, 4) is 0 Å². The number of para-hydroxylation sites is 1. The summed E-state index contributed by atoms with van der Waals surface area (Å²) in [6.07, 6.45) is 5.87. The molecule has 1 N–H and O–H groups in total. The lowest BCUT2D eigenvalue weighted by atomic mass is 9.77. The van der Waals surface area contributed by atoms with Crippen molar-refractivity contribution in [1.82, 2.24) is 0 Å². The Morgan fingerprint density at radius 1 is 0.950 bits per heavy atom. The van der Waals surface area contributed by atoms with Crippen LogP contribution >= 0.6 is 15.9 Å². The zero-order valence-corrected chi connectivity index (χ0v) is 12.7. The number of benzene rings is 2. The molecule has 0 saturated heterocycles. The van der Waals surface area contributed by atoms with Gasteiger partial charge in [-0.1, -0.05) is 64.5 Å². The molecule has 1 heterocycles. The van der Waals surface area contributed by atoms with Crippen LogP contribution in [0.1, 0.15) is 29.5 Å². The van der Waals surface area contributed by atoms with Crippen LogP contribution in [0.2, 0.25) is 0 Å². The third-order valence-electron chi connectivity index (χ3n) is 4.51. The van der Waals surface area contributed by atoms with Crippen molar-refractivity contribution < 1.29 is 0 Å². The fraction of sp³-hybridized carbons (Fsp3) is 0.222.